The van der Waals surface area contributed by atoms with E-state index in [4.69, 9.17) is 18.6 Å². The molecule has 0 bridgehead atoms. The Kier molecular flexibility index (Phi) is 7.57. The van der Waals surface area contributed by atoms with Crippen LogP contribution in [0.5, 0.6) is 0 Å². The fraction of sp³-hybridized carbons (Fsp3) is 0.917. The molecule has 6 heteroatoms. The van der Waals surface area contributed by atoms with E-state index in [0.717, 1.165) is 24.9 Å². The Bertz CT molecular complexity index is 1110. The highest BCUT2D eigenvalue weighted by atomic mass is 28.4. The third-order valence-corrected chi connectivity index (χ3v) is 19.2. The standard InChI is InChI=1S/C36H60O5Si/c1-21(2)16-25-22(3)31-29(41-32(25)40-23(4)37)18-28-26-17-30(38-9)36-19-24(36)12-14-34(36,8)27(26)13-15-35(28,31)20-39-42(10,11)33(5,6)7/h16,22,24-32H,12-15,17-20H2,1-11H3/t22-,24-,25-,26-,27+,28+,29+,30-,31+,32?,34-,35-,36+/m1/s1. The minimum atomic E-state index is -1.96. The van der Waals surface area contributed by atoms with Crippen molar-refractivity contribution >= 4 is 14.3 Å². The van der Waals surface area contributed by atoms with Crippen LogP contribution in [0.4, 0.5) is 0 Å². The fourth-order valence-electron chi connectivity index (χ4n) is 11.9. The van der Waals surface area contributed by atoms with Crippen LogP contribution in [0.2, 0.25) is 18.1 Å². The summed E-state index contributed by atoms with van der Waals surface area (Å²) in [5.74, 6) is 3.36. The first-order valence-electron chi connectivity index (χ1n) is 17.2. The highest BCUT2D eigenvalue weighted by Gasteiger charge is 2.78. The van der Waals surface area contributed by atoms with Gasteiger partial charge in [0.2, 0.25) is 6.29 Å². The molecule has 0 aromatic rings. The normalized spacial score (nSPS) is 49.2. The van der Waals surface area contributed by atoms with Gasteiger partial charge in [-0.15, -0.1) is 0 Å². The van der Waals surface area contributed by atoms with Gasteiger partial charge in [0.1, 0.15) is 0 Å². The molecule has 1 saturated heterocycles. The molecule has 0 amide bonds. The quantitative estimate of drug-likeness (QED) is 0.174. The highest BCUT2D eigenvalue weighted by Crippen LogP contribution is 2.82. The molecule has 1 spiro atoms. The summed E-state index contributed by atoms with van der Waals surface area (Å²) in [6, 6.07) is 0. The largest absolute Gasteiger partial charge is 0.435 e. The zero-order valence-corrected chi connectivity index (χ0v) is 29.5. The third kappa shape index (κ3) is 4.34. The van der Waals surface area contributed by atoms with Gasteiger partial charge in [0.05, 0.1) is 12.2 Å². The molecule has 0 radical (unpaired) electrons. The van der Waals surface area contributed by atoms with Crippen LogP contribution in [0, 0.1) is 57.7 Å². The predicted molar refractivity (Wildman–Crippen MR) is 169 cm³/mol. The number of esters is 1. The van der Waals surface area contributed by atoms with Crippen molar-refractivity contribution in [2.75, 3.05) is 13.7 Å². The van der Waals surface area contributed by atoms with Gasteiger partial charge in [-0.3, -0.25) is 4.79 Å². The number of methoxy groups -OCH3 is 1. The molecule has 0 aromatic heterocycles. The molecule has 6 fully saturated rings. The molecule has 1 unspecified atom stereocenters. The maximum atomic E-state index is 12.2. The molecule has 42 heavy (non-hydrogen) atoms. The smallest absolute Gasteiger partial charge is 0.304 e. The predicted octanol–water partition coefficient (Wildman–Crippen LogP) is 8.39. The van der Waals surface area contributed by atoms with Crippen molar-refractivity contribution in [1.82, 2.24) is 0 Å². The van der Waals surface area contributed by atoms with Crippen molar-refractivity contribution in [3.8, 4) is 0 Å². The Morgan fingerprint density at radius 1 is 1.07 bits per heavy atom. The second-order valence-corrected chi connectivity index (χ2v) is 22.5. The molecular weight excluding hydrogens is 540 g/mol. The highest BCUT2D eigenvalue weighted by molar-refractivity contribution is 6.74. The van der Waals surface area contributed by atoms with E-state index >= 15 is 0 Å². The molecule has 13 atom stereocenters. The van der Waals surface area contributed by atoms with E-state index in [0.29, 0.717) is 40.6 Å². The van der Waals surface area contributed by atoms with E-state index in [1.54, 1.807) is 0 Å². The third-order valence-electron chi connectivity index (χ3n) is 14.7. The molecule has 238 valence electrons. The van der Waals surface area contributed by atoms with E-state index in [9.17, 15) is 4.79 Å². The SMILES string of the molecule is CO[C@@H]1C[C@H]2[C@@H]3C[C@@H]4OC(OC(C)=O)[C@H](C=C(C)C)[C@@H](C)[C@@H]4[C@@]3(CO[Si](C)(C)C(C)(C)C)CC[C@@H]2[C@@]2(C)CC[C@@H]3C[C@]312. The van der Waals surface area contributed by atoms with Gasteiger partial charge < -0.3 is 18.6 Å². The van der Waals surface area contributed by atoms with Gasteiger partial charge >= 0.3 is 5.97 Å². The van der Waals surface area contributed by atoms with Crippen LogP contribution in [0.25, 0.3) is 0 Å². The first kappa shape index (κ1) is 31.3. The Hall–Kier alpha value is -0.693. The van der Waals surface area contributed by atoms with Crippen molar-refractivity contribution in [2.24, 2.45) is 57.7 Å². The van der Waals surface area contributed by atoms with Gasteiger partial charge in [0, 0.05) is 37.4 Å². The van der Waals surface area contributed by atoms with Crippen molar-refractivity contribution < 1.29 is 23.4 Å². The lowest BCUT2D eigenvalue weighted by atomic mass is 9.44. The van der Waals surface area contributed by atoms with Crippen LogP contribution in [-0.4, -0.2) is 46.5 Å². The summed E-state index contributed by atoms with van der Waals surface area (Å²) in [5.41, 5.74) is 2.14. The van der Waals surface area contributed by atoms with Gasteiger partial charge in [-0.2, -0.15) is 0 Å². The lowest BCUT2D eigenvalue weighted by Gasteiger charge is -2.62. The van der Waals surface area contributed by atoms with Gasteiger partial charge in [0.15, 0.2) is 8.32 Å². The molecule has 0 aromatic carbocycles. The number of fused-ring (bicyclic) bond motifs is 6. The van der Waals surface area contributed by atoms with Gasteiger partial charge in [0.25, 0.3) is 0 Å². The Morgan fingerprint density at radius 2 is 1.79 bits per heavy atom. The van der Waals surface area contributed by atoms with Crippen molar-refractivity contribution in [1.29, 1.82) is 0 Å². The molecule has 5 nitrogen and oxygen atoms in total. The van der Waals surface area contributed by atoms with Crippen molar-refractivity contribution in [2.45, 2.75) is 137 Å². The van der Waals surface area contributed by atoms with Gasteiger partial charge in [-0.05, 0) is 118 Å². The zero-order valence-electron chi connectivity index (χ0n) is 28.5. The Labute approximate surface area is 257 Å². The number of carbonyl (C=O) groups excluding carboxylic acids is 1. The van der Waals surface area contributed by atoms with E-state index in [1.807, 2.05) is 7.11 Å². The van der Waals surface area contributed by atoms with Crippen LogP contribution < -0.4 is 0 Å². The Morgan fingerprint density at radius 3 is 2.38 bits per heavy atom. The minimum Gasteiger partial charge on any atom is -0.435 e. The average molecular weight is 601 g/mol. The van der Waals surface area contributed by atoms with Crippen molar-refractivity contribution in [3.63, 3.8) is 0 Å². The summed E-state index contributed by atoms with van der Waals surface area (Å²) < 4.78 is 26.6. The van der Waals surface area contributed by atoms with Gasteiger partial charge in [-0.25, -0.2) is 0 Å². The molecule has 1 aliphatic heterocycles. The number of allylic oxidation sites excluding steroid dienone is 1. The van der Waals surface area contributed by atoms with Gasteiger partial charge in [-0.1, -0.05) is 46.3 Å². The van der Waals surface area contributed by atoms with E-state index < -0.39 is 14.6 Å². The summed E-state index contributed by atoms with van der Waals surface area (Å²) in [6.07, 6.45) is 11.2. The summed E-state index contributed by atoms with van der Waals surface area (Å²) >= 11 is 0. The summed E-state index contributed by atoms with van der Waals surface area (Å²) in [6.45, 7) is 23.7. The number of hydrogen-bond donors (Lipinski definition) is 0. The first-order valence-corrected chi connectivity index (χ1v) is 20.1. The fourth-order valence-corrected chi connectivity index (χ4v) is 12.9. The molecule has 5 aliphatic carbocycles. The van der Waals surface area contributed by atoms with Crippen molar-refractivity contribution in [3.05, 3.63) is 11.6 Å². The Balaban J connectivity index is 1.41. The van der Waals surface area contributed by atoms with E-state index in [1.165, 1.54) is 51.0 Å². The lowest BCUT2D eigenvalue weighted by Crippen LogP contribution is -2.60. The number of hydrogen-bond acceptors (Lipinski definition) is 5. The molecular formula is C36H60O5Si. The maximum absolute atomic E-state index is 12.2. The summed E-state index contributed by atoms with van der Waals surface area (Å²) in [4.78, 5) is 12.2. The topological polar surface area (TPSA) is 54.0 Å². The molecule has 0 N–H and O–H groups in total. The number of ether oxygens (including phenoxy) is 3. The second-order valence-electron chi connectivity index (χ2n) is 17.6. The molecule has 6 aliphatic rings. The molecule has 6 rings (SSSR count). The van der Waals surface area contributed by atoms with E-state index in [2.05, 4.69) is 67.6 Å². The van der Waals surface area contributed by atoms with E-state index in [-0.39, 0.29) is 28.4 Å². The second kappa shape index (κ2) is 10.2. The van der Waals surface area contributed by atoms with Crippen LogP contribution in [0.15, 0.2) is 11.6 Å². The monoisotopic (exact) mass is 600 g/mol. The summed E-state index contributed by atoms with van der Waals surface area (Å²) in [5, 5.41) is 0.171. The average Bonchev–Trinajstić information content (AvgIpc) is 3.41. The number of carbonyl (C=O) groups is 1. The zero-order chi connectivity index (χ0) is 30.6. The molecule has 1 heterocycles. The molecule has 5 saturated carbocycles. The first-order chi connectivity index (χ1) is 19.5. The lowest BCUT2D eigenvalue weighted by molar-refractivity contribution is -0.243. The minimum absolute atomic E-state index is 0.0577. The van der Waals surface area contributed by atoms with Crippen LogP contribution in [0.3, 0.4) is 0 Å². The van der Waals surface area contributed by atoms with Crippen LogP contribution in [0.1, 0.15) is 100 Å². The summed E-state index contributed by atoms with van der Waals surface area (Å²) in [7, 11) is 0.0206. The van der Waals surface area contributed by atoms with Crippen LogP contribution in [-0.2, 0) is 23.4 Å². The number of rotatable bonds is 6. The maximum Gasteiger partial charge on any atom is 0.304 e. The van der Waals surface area contributed by atoms with Crippen LogP contribution >= 0.6 is 0 Å².